The molecule has 1 aliphatic heterocycles. The minimum atomic E-state index is 1.11. The number of carbonyl (C=O) groups is 1. The molecule has 0 amide bonds. The van der Waals surface area contributed by atoms with Crippen LogP contribution in [0.25, 0.3) is 0 Å². The molecular weight excluding hydrogens is 246 g/mol. The fraction of sp³-hybridized carbons (Fsp3) is 0.278. The molecule has 1 N–H and O–H groups in total. The zero-order valence-corrected chi connectivity index (χ0v) is 12.7. The normalized spacial score (nSPS) is 10.2. The van der Waals surface area contributed by atoms with E-state index in [9.17, 15) is 0 Å². The van der Waals surface area contributed by atoms with E-state index in [4.69, 9.17) is 4.79 Å². The Hall–Kier alpha value is -2.09. The van der Waals surface area contributed by atoms with Crippen molar-refractivity contribution in [3.05, 3.63) is 65.7 Å². The number of fused-ring (bicyclic) bond motifs is 1. The van der Waals surface area contributed by atoms with E-state index in [2.05, 4.69) is 48.6 Å². The van der Waals surface area contributed by atoms with Gasteiger partial charge in [0.15, 0.2) is 0 Å². The number of hydrogen-bond acceptors (Lipinski definition) is 2. The predicted molar refractivity (Wildman–Crippen MR) is 88.3 cm³/mol. The molecule has 3 rings (SSSR count). The first-order chi connectivity index (χ1) is 9.86. The van der Waals surface area contributed by atoms with E-state index in [1.54, 1.807) is 0 Å². The van der Waals surface area contributed by atoms with Gasteiger partial charge in [0.2, 0.25) is 0 Å². The van der Waals surface area contributed by atoms with Crippen molar-refractivity contribution in [1.29, 1.82) is 0 Å². The van der Waals surface area contributed by atoms with Gasteiger partial charge in [-0.2, -0.15) is 0 Å². The molecule has 1 aliphatic rings. The van der Waals surface area contributed by atoms with E-state index in [-0.39, 0.29) is 0 Å². The lowest BCUT2D eigenvalue weighted by molar-refractivity contribution is -0.0979. The van der Waals surface area contributed by atoms with Crippen molar-refractivity contribution in [3.63, 3.8) is 0 Å². The first-order valence-electron chi connectivity index (χ1n) is 6.98. The Labute approximate surface area is 122 Å². The topological polar surface area (TPSA) is 29.1 Å². The Morgan fingerprint density at radius 1 is 0.900 bits per heavy atom. The van der Waals surface area contributed by atoms with E-state index in [1.807, 2.05) is 38.8 Å². The zero-order chi connectivity index (χ0) is 15.2. The van der Waals surface area contributed by atoms with Crippen molar-refractivity contribution >= 4 is 12.5 Å². The molecule has 0 radical (unpaired) electrons. The highest BCUT2D eigenvalue weighted by atomic mass is 16.1. The van der Waals surface area contributed by atoms with Gasteiger partial charge >= 0.3 is 0 Å². The summed E-state index contributed by atoms with van der Waals surface area (Å²) in [5, 5.41) is 3.30. The van der Waals surface area contributed by atoms with E-state index in [1.165, 1.54) is 23.2 Å². The van der Waals surface area contributed by atoms with Gasteiger partial charge in [0, 0.05) is 12.2 Å². The summed E-state index contributed by atoms with van der Waals surface area (Å²) < 4.78 is 0. The number of carbonyl (C=O) groups excluding carboxylic acids is 1. The quantitative estimate of drug-likeness (QED) is 0.765. The Bertz CT molecular complexity index is 431. The maximum absolute atomic E-state index is 8.00. The molecule has 108 valence electrons. The lowest BCUT2D eigenvalue weighted by Gasteiger charge is -1.94. The van der Waals surface area contributed by atoms with Crippen LogP contribution >= 0.6 is 0 Å². The number of anilines is 1. The summed E-state index contributed by atoms with van der Waals surface area (Å²) in [6.07, 6.45) is 1.19. The summed E-state index contributed by atoms with van der Waals surface area (Å²) in [4.78, 5) is 8.00. The van der Waals surface area contributed by atoms with Crippen LogP contribution in [0.15, 0.2) is 54.6 Å². The van der Waals surface area contributed by atoms with Crippen molar-refractivity contribution in [2.45, 2.75) is 27.2 Å². The summed E-state index contributed by atoms with van der Waals surface area (Å²) >= 11 is 0. The fourth-order valence-corrected chi connectivity index (χ4v) is 1.78. The van der Waals surface area contributed by atoms with E-state index in [0.29, 0.717) is 0 Å². The minimum Gasteiger partial charge on any atom is -0.384 e. The molecule has 0 unspecified atom stereocenters. The molecule has 1 heterocycles. The highest BCUT2D eigenvalue weighted by Crippen LogP contribution is 2.19. The first-order valence-corrected chi connectivity index (χ1v) is 6.98. The molecule has 0 saturated heterocycles. The van der Waals surface area contributed by atoms with Gasteiger partial charge in [0.1, 0.15) is 6.79 Å². The molecule has 2 nitrogen and oxygen atoms in total. The van der Waals surface area contributed by atoms with Gasteiger partial charge in [0.05, 0.1) is 0 Å². The number of aryl methyl sites for hydroxylation is 1. The number of rotatable bonds is 0. The third-order valence-electron chi connectivity index (χ3n) is 2.67. The molecule has 0 aliphatic carbocycles. The van der Waals surface area contributed by atoms with Crippen LogP contribution in [0.4, 0.5) is 5.69 Å². The summed E-state index contributed by atoms with van der Waals surface area (Å²) in [5.41, 5.74) is 4.09. The molecule has 20 heavy (non-hydrogen) atoms. The molecular formula is C18H25NO. The van der Waals surface area contributed by atoms with E-state index >= 15 is 0 Å². The lowest BCUT2D eigenvalue weighted by Crippen LogP contribution is -1.90. The molecule has 0 spiro atoms. The molecule has 0 aromatic heterocycles. The zero-order valence-electron chi connectivity index (χ0n) is 12.7. The molecule has 2 aromatic carbocycles. The number of nitrogens with one attached hydrogen (secondary N) is 1. The Balaban J connectivity index is 0.000000296. The number of para-hydroxylation sites is 1. The van der Waals surface area contributed by atoms with Crippen LogP contribution in [-0.2, 0) is 11.2 Å². The number of hydrogen-bond donors (Lipinski definition) is 1. The van der Waals surface area contributed by atoms with Gasteiger partial charge in [-0.15, -0.1) is 0 Å². The van der Waals surface area contributed by atoms with Gasteiger partial charge in [-0.05, 0) is 25.0 Å². The van der Waals surface area contributed by atoms with Crippen molar-refractivity contribution in [2.75, 3.05) is 11.9 Å². The maximum Gasteiger partial charge on any atom is 0.106 e. The molecule has 0 bridgehead atoms. The molecule has 0 atom stereocenters. The van der Waals surface area contributed by atoms with Crippen LogP contribution in [0, 0.1) is 6.92 Å². The second kappa shape index (κ2) is 12.0. The van der Waals surface area contributed by atoms with Gasteiger partial charge < -0.3 is 10.1 Å². The van der Waals surface area contributed by atoms with Gasteiger partial charge in [-0.25, -0.2) is 0 Å². The van der Waals surface area contributed by atoms with Crippen molar-refractivity contribution in [3.8, 4) is 0 Å². The monoisotopic (exact) mass is 271 g/mol. The minimum absolute atomic E-state index is 1.11. The third-order valence-corrected chi connectivity index (χ3v) is 2.67. The Morgan fingerprint density at radius 2 is 1.45 bits per heavy atom. The predicted octanol–water partition coefficient (Wildman–Crippen LogP) is 4.49. The van der Waals surface area contributed by atoms with Crippen molar-refractivity contribution in [1.82, 2.24) is 0 Å². The van der Waals surface area contributed by atoms with Gasteiger partial charge in [0.25, 0.3) is 0 Å². The molecule has 2 heteroatoms. The highest BCUT2D eigenvalue weighted by Gasteiger charge is 2.05. The van der Waals surface area contributed by atoms with E-state index in [0.717, 1.165) is 6.54 Å². The van der Waals surface area contributed by atoms with E-state index < -0.39 is 0 Å². The van der Waals surface area contributed by atoms with Crippen molar-refractivity contribution in [2.24, 2.45) is 0 Å². The SMILES string of the molecule is C=O.CC.Cc1ccccc1.c1ccc2c(c1)CCN2. The lowest BCUT2D eigenvalue weighted by atomic mass is 10.2. The Morgan fingerprint density at radius 3 is 1.95 bits per heavy atom. The Kier molecular flexibility index (Phi) is 10.7. The van der Waals surface area contributed by atoms with Crippen LogP contribution in [0.5, 0.6) is 0 Å². The molecule has 0 saturated carbocycles. The summed E-state index contributed by atoms with van der Waals surface area (Å²) in [6.45, 7) is 9.19. The molecule has 0 fully saturated rings. The smallest absolute Gasteiger partial charge is 0.106 e. The van der Waals surface area contributed by atoms with Crippen LogP contribution in [0.1, 0.15) is 25.0 Å². The maximum atomic E-state index is 8.00. The van der Waals surface area contributed by atoms with Crippen LogP contribution in [0.2, 0.25) is 0 Å². The largest absolute Gasteiger partial charge is 0.384 e. The number of benzene rings is 2. The average molecular weight is 271 g/mol. The highest BCUT2D eigenvalue weighted by molar-refractivity contribution is 5.54. The standard InChI is InChI=1S/C8H9N.C7H8.C2H6.CH2O/c1-2-4-8-7(3-1)5-6-9-8;1-7-5-3-2-4-6-7;2*1-2/h1-4,9H,5-6H2;2-6H,1H3;1-2H3;1H2. The summed E-state index contributed by atoms with van der Waals surface area (Å²) in [5.74, 6) is 0. The van der Waals surface area contributed by atoms with Crippen molar-refractivity contribution < 1.29 is 4.79 Å². The van der Waals surface area contributed by atoms with Crippen LogP contribution in [-0.4, -0.2) is 13.3 Å². The second-order valence-electron chi connectivity index (χ2n) is 3.99. The summed E-state index contributed by atoms with van der Waals surface area (Å²) in [7, 11) is 0. The van der Waals surface area contributed by atoms with Gasteiger partial charge in [-0.1, -0.05) is 67.9 Å². The third kappa shape index (κ3) is 6.74. The van der Waals surface area contributed by atoms with Crippen LogP contribution in [0.3, 0.4) is 0 Å². The average Bonchev–Trinajstić information content (AvgIpc) is 3.01. The van der Waals surface area contributed by atoms with Crippen LogP contribution < -0.4 is 5.32 Å². The second-order valence-corrected chi connectivity index (χ2v) is 3.99. The first kappa shape index (κ1) is 17.9. The molecule has 2 aromatic rings. The summed E-state index contributed by atoms with van der Waals surface area (Å²) in [6, 6.07) is 18.7. The van der Waals surface area contributed by atoms with Gasteiger partial charge in [-0.3, -0.25) is 0 Å². The fourth-order valence-electron chi connectivity index (χ4n) is 1.78.